The van der Waals surface area contributed by atoms with Crippen LogP contribution in [-0.2, 0) is 4.79 Å². The van der Waals surface area contributed by atoms with Gasteiger partial charge in [-0.25, -0.2) is 0 Å². The van der Waals surface area contributed by atoms with Crippen LogP contribution in [0.1, 0.15) is 17.5 Å². The maximum atomic E-state index is 11.0. The van der Waals surface area contributed by atoms with Crippen LogP contribution in [0.3, 0.4) is 0 Å². The van der Waals surface area contributed by atoms with Crippen molar-refractivity contribution in [1.82, 2.24) is 0 Å². The molecule has 0 saturated carbocycles. The van der Waals surface area contributed by atoms with E-state index in [2.05, 4.69) is 0 Å². The average molecular weight is 239 g/mol. The summed E-state index contributed by atoms with van der Waals surface area (Å²) < 4.78 is 0. The molecule has 0 fully saturated rings. The van der Waals surface area contributed by atoms with Crippen LogP contribution in [0.2, 0.25) is 0 Å². The molecule has 0 amide bonds. The predicted molar refractivity (Wildman–Crippen MR) is 66.9 cm³/mol. The van der Waals surface area contributed by atoms with Gasteiger partial charge in [0.15, 0.2) is 0 Å². The number of aryl methyl sites for hydroxylation is 2. The van der Waals surface area contributed by atoms with Gasteiger partial charge in [-0.3, -0.25) is 4.79 Å². The summed E-state index contributed by atoms with van der Waals surface area (Å²) in [5.41, 5.74) is 7.80. The van der Waals surface area contributed by atoms with Gasteiger partial charge in [0.25, 0.3) is 0 Å². The quantitative estimate of drug-likeness (QED) is 0.773. The molecule has 0 saturated heterocycles. The van der Waals surface area contributed by atoms with Crippen LogP contribution in [-0.4, -0.2) is 22.9 Å². The highest BCUT2D eigenvalue weighted by Crippen LogP contribution is 2.27. The molecular weight excluding hydrogens is 222 g/mol. The molecule has 0 aliphatic heterocycles. The lowest BCUT2D eigenvalue weighted by Crippen LogP contribution is -2.20. The zero-order chi connectivity index (χ0) is 12.1. The van der Waals surface area contributed by atoms with Gasteiger partial charge >= 0.3 is 5.97 Å². The van der Waals surface area contributed by atoms with E-state index in [0.717, 1.165) is 4.90 Å². The summed E-state index contributed by atoms with van der Waals surface area (Å²) in [4.78, 5) is 12.0. The highest BCUT2D eigenvalue weighted by atomic mass is 32.2. The number of carbonyl (C=O) groups is 1. The van der Waals surface area contributed by atoms with Gasteiger partial charge in [0.05, 0.1) is 0 Å². The summed E-state index contributed by atoms with van der Waals surface area (Å²) >= 11 is 1.36. The molecule has 3 N–H and O–H groups in total. The Hall–Kier alpha value is -1.00. The van der Waals surface area contributed by atoms with Crippen molar-refractivity contribution in [2.75, 3.05) is 6.54 Å². The smallest absolute Gasteiger partial charge is 0.317 e. The first kappa shape index (κ1) is 13.1. The van der Waals surface area contributed by atoms with Crippen LogP contribution in [0.5, 0.6) is 0 Å². The van der Waals surface area contributed by atoms with Gasteiger partial charge in [0.1, 0.15) is 5.25 Å². The lowest BCUT2D eigenvalue weighted by atomic mass is 10.1. The van der Waals surface area contributed by atoms with Gasteiger partial charge in [-0.1, -0.05) is 6.07 Å². The Morgan fingerprint density at radius 3 is 2.62 bits per heavy atom. The highest BCUT2D eigenvalue weighted by molar-refractivity contribution is 8.00. The molecule has 88 valence electrons. The zero-order valence-electron chi connectivity index (χ0n) is 9.56. The first-order chi connectivity index (χ1) is 7.54. The largest absolute Gasteiger partial charge is 0.480 e. The number of hydrogen-bond acceptors (Lipinski definition) is 3. The minimum absolute atomic E-state index is 0.398. The van der Waals surface area contributed by atoms with Crippen LogP contribution >= 0.6 is 11.8 Å². The van der Waals surface area contributed by atoms with Crippen molar-refractivity contribution in [3.05, 3.63) is 29.3 Å². The molecule has 3 nitrogen and oxygen atoms in total. The number of rotatable bonds is 5. The summed E-state index contributed by atoms with van der Waals surface area (Å²) in [5.74, 6) is -0.798. The highest BCUT2D eigenvalue weighted by Gasteiger charge is 2.17. The van der Waals surface area contributed by atoms with E-state index in [4.69, 9.17) is 10.8 Å². The molecule has 1 rings (SSSR count). The number of aliphatic carboxylic acids is 1. The maximum absolute atomic E-state index is 11.0. The number of benzene rings is 1. The molecule has 0 heterocycles. The second kappa shape index (κ2) is 5.92. The fourth-order valence-corrected chi connectivity index (χ4v) is 2.41. The number of hydrogen-bond donors (Lipinski definition) is 2. The minimum Gasteiger partial charge on any atom is -0.480 e. The fourth-order valence-electron chi connectivity index (χ4n) is 1.34. The second-order valence-electron chi connectivity index (χ2n) is 3.77. The average Bonchev–Trinajstić information content (AvgIpc) is 2.22. The molecule has 1 aromatic carbocycles. The van der Waals surface area contributed by atoms with Crippen LogP contribution in [0.4, 0.5) is 0 Å². The van der Waals surface area contributed by atoms with Gasteiger partial charge < -0.3 is 10.8 Å². The van der Waals surface area contributed by atoms with Crippen LogP contribution in [0.15, 0.2) is 23.1 Å². The van der Waals surface area contributed by atoms with E-state index in [9.17, 15) is 4.79 Å². The van der Waals surface area contributed by atoms with E-state index in [0.29, 0.717) is 13.0 Å². The minimum atomic E-state index is -0.798. The molecule has 1 aromatic rings. The molecule has 0 aromatic heterocycles. The van der Waals surface area contributed by atoms with E-state index < -0.39 is 11.2 Å². The summed E-state index contributed by atoms with van der Waals surface area (Å²) in [6.45, 7) is 4.46. The Balaban J connectivity index is 2.77. The summed E-state index contributed by atoms with van der Waals surface area (Å²) in [6, 6.07) is 5.99. The number of carboxylic acid groups (broad SMARTS) is 1. The van der Waals surface area contributed by atoms with Crippen molar-refractivity contribution in [2.24, 2.45) is 5.73 Å². The van der Waals surface area contributed by atoms with Gasteiger partial charge in [-0.15, -0.1) is 11.8 Å². The molecule has 1 atom stereocenters. The number of nitrogens with two attached hydrogens (primary N) is 1. The Morgan fingerprint density at radius 2 is 2.12 bits per heavy atom. The third-order valence-electron chi connectivity index (χ3n) is 2.46. The molecule has 0 spiro atoms. The summed E-state index contributed by atoms with van der Waals surface area (Å²) in [7, 11) is 0. The number of carboxylic acids is 1. The SMILES string of the molecule is Cc1ccc(SC(CCN)C(=O)O)cc1C. The van der Waals surface area contributed by atoms with Crippen molar-refractivity contribution in [1.29, 1.82) is 0 Å². The number of thioether (sulfide) groups is 1. The molecular formula is C12H17NO2S. The van der Waals surface area contributed by atoms with Crippen molar-refractivity contribution >= 4 is 17.7 Å². The van der Waals surface area contributed by atoms with Crippen LogP contribution in [0, 0.1) is 13.8 Å². The van der Waals surface area contributed by atoms with Crippen LogP contribution < -0.4 is 5.73 Å². The van der Waals surface area contributed by atoms with Crippen molar-refractivity contribution in [3.8, 4) is 0 Å². The van der Waals surface area contributed by atoms with Crippen LogP contribution in [0.25, 0.3) is 0 Å². The van der Waals surface area contributed by atoms with E-state index in [1.54, 1.807) is 0 Å². The predicted octanol–water partition coefficient (Wildman–Crippen LogP) is 2.20. The Morgan fingerprint density at radius 1 is 1.44 bits per heavy atom. The van der Waals surface area contributed by atoms with Gasteiger partial charge in [0.2, 0.25) is 0 Å². The monoisotopic (exact) mass is 239 g/mol. The zero-order valence-corrected chi connectivity index (χ0v) is 10.4. The van der Waals surface area contributed by atoms with Gasteiger partial charge in [0, 0.05) is 4.90 Å². The van der Waals surface area contributed by atoms with Crippen molar-refractivity contribution < 1.29 is 9.90 Å². The normalized spacial score (nSPS) is 12.4. The lowest BCUT2D eigenvalue weighted by molar-refractivity contribution is -0.136. The molecule has 1 unspecified atom stereocenters. The second-order valence-corrected chi connectivity index (χ2v) is 5.04. The summed E-state index contributed by atoms with van der Waals surface area (Å²) in [5, 5.41) is 8.56. The van der Waals surface area contributed by atoms with E-state index in [-0.39, 0.29) is 0 Å². The Kier molecular flexibility index (Phi) is 4.83. The molecule has 0 radical (unpaired) electrons. The van der Waals surface area contributed by atoms with Gasteiger partial charge in [-0.05, 0) is 50.1 Å². The first-order valence-corrected chi connectivity index (χ1v) is 6.09. The lowest BCUT2D eigenvalue weighted by Gasteiger charge is -2.11. The summed E-state index contributed by atoms with van der Waals surface area (Å²) in [6.07, 6.45) is 0.493. The molecule has 16 heavy (non-hydrogen) atoms. The fraction of sp³-hybridized carbons (Fsp3) is 0.417. The van der Waals surface area contributed by atoms with Crippen molar-refractivity contribution in [3.63, 3.8) is 0 Å². The Labute approximate surface area is 100 Å². The molecule has 0 aliphatic rings. The molecule has 0 bridgehead atoms. The van der Waals surface area contributed by atoms with E-state index in [1.807, 2.05) is 32.0 Å². The topological polar surface area (TPSA) is 63.3 Å². The Bertz CT molecular complexity index is 379. The molecule has 4 heteroatoms. The maximum Gasteiger partial charge on any atom is 0.317 e. The third-order valence-corrected chi connectivity index (χ3v) is 3.71. The van der Waals surface area contributed by atoms with Gasteiger partial charge in [-0.2, -0.15) is 0 Å². The standard InChI is InChI=1S/C12H17NO2S/c1-8-3-4-10(7-9(8)2)16-11(5-6-13)12(14)15/h3-4,7,11H,5-6,13H2,1-2H3,(H,14,15). The third kappa shape index (κ3) is 3.54. The van der Waals surface area contributed by atoms with E-state index in [1.165, 1.54) is 22.9 Å². The molecule has 0 aliphatic carbocycles. The first-order valence-electron chi connectivity index (χ1n) is 5.21. The van der Waals surface area contributed by atoms with E-state index >= 15 is 0 Å². The van der Waals surface area contributed by atoms with Crippen molar-refractivity contribution in [2.45, 2.75) is 30.4 Å².